The third-order valence-electron chi connectivity index (χ3n) is 2.96. The Morgan fingerprint density at radius 1 is 1.19 bits per heavy atom. The minimum absolute atomic E-state index is 0.211. The molecule has 1 aromatic carbocycles. The number of hydrogen-bond acceptors (Lipinski definition) is 4. The summed E-state index contributed by atoms with van der Waals surface area (Å²) in [5.74, 6) is 0.111. The molecule has 0 aliphatic heterocycles. The first kappa shape index (κ1) is 15.0. The maximum atomic E-state index is 12.2. The molecule has 110 valence electrons. The minimum Gasteiger partial charge on any atom is -0.480 e. The highest BCUT2D eigenvalue weighted by Gasteiger charge is 2.12. The van der Waals surface area contributed by atoms with Gasteiger partial charge >= 0.3 is 0 Å². The molecule has 0 unspecified atom stereocenters. The molecule has 1 amide bonds. The first-order valence-corrected chi connectivity index (χ1v) is 6.58. The zero-order valence-corrected chi connectivity index (χ0v) is 12.1. The maximum Gasteiger partial charge on any atom is 0.257 e. The highest BCUT2D eigenvalue weighted by Crippen LogP contribution is 2.13. The summed E-state index contributed by atoms with van der Waals surface area (Å²) in [6.45, 7) is 0.993. The van der Waals surface area contributed by atoms with E-state index in [4.69, 9.17) is 9.47 Å². The zero-order chi connectivity index (χ0) is 15.1. The van der Waals surface area contributed by atoms with Crippen LogP contribution in [0.25, 0.3) is 0 Å². The number of carbonyl (C=O) groups is 1. The van der Waals surface area contributed by atoms with Crippen LogP contribution in [0.15, 0.2) is 42.6 Å². The number of rotatable bonds is 6. The van der Waals surface area contributed by atoms with Gasteiger partial charge in [0.25, 0.3) is 5.91 Å². The van der Waals surface area contributed by atoms with Crippen molar-refractivity contribution in [3.05, 3.63) is 59.3 Å². The van der Waals surface area contributed by atoms with Gasteiger partial charge < -0.3 is 14.8 Å². The third kappa shape index (κ3) is 4.03. The smallest absolute Gasteiger partial charge is 0.257 e. The van der Waals surface area contributed by atoms with Gasteiger partial charge in [-0.2, -0.15) is 0 Å². The van der Waals surface area contributed by atoms with Crippen LogP contribution in [-0.4, -0.2) is 25.1 Å². The fourth-order valence-corrected chi connectivity index (χ4v) is 2.00. The van der Waals surface area contributed by atoms with Crippen LogP contribution >= 0.6 is 0 Å². The summed E-state index contributed by atoms with van der Waals surface area (Å²) < 4.78 is 10.2. The Bertz CT molecular complexity index is 614. The second-order valence-corrected chi connectivity index (χ2v) is 4.50. The van der Waals surface area contributed by atoms with Crippen molar-refractivity contribution in [3.8, 4) is 5.88 Å². The molecule has 0 spiro atoms. The van der Waals surface area contributed by atoms with Crippen LogP contribution in [0.5, 0.6) is 5.88 Å². The fourth-order valence-electron chi connectivity index (χ4n) is 2.00. The normalized spacial score (nSPS) is 10.2. The molecule has 5 nitrogen and oxygen atoms in total. The molecule has 0 saturated heterocycles. The van der Waals surface area contributed by atoms with Crippen LogP contribution in [0.3, 0.4) is 0 Å². The van der Waals surface area contributed by atoms with Crippen LogP contribution in [-0.2, 0) is 17.9 Å². The highest BCUT2D eigenvalue weighted by atomic mass is 16.5. The van der Waals surface area contributed by atoms with Gasteiger partial charge in [0.05, 0.1) is 13.7 Å². The largest absolute Gasteiger partial charge is 0.480 e. The van der Waals surface area contributed by atoms with Crippen LogP contribution in [0.4, 0.5) is 0 Å². The molecule has 2 rings (SSSR count). The summed E-state index contributed by atoms with van der Waals surface area (Å²) >= 11 is 0. The molecule has 1 N–H and O–H groups in total. The van der Waals surface area contributed by atoms with Crippen molar-refractivity contribution >= 4 is 5.91 Å². The Morgan fingerprint density at radius 2 is 2.00 bits per heavy atom. The van der Waals surface area contributed by atoms with Crippen molar-refractivity contribution in [2.45, 2.75) is 13.2 Å². The molecule has 0 bridgehead atoms. The van der Waals surface area contributed by atoms with Gasteiger partial charge in [-0.3, -0.25) is 4.79 Å². The number of benzene rings is 1. The molecule has 5 heteroatoms. The van der Waals surface area contributed by atoms with Crippen LogP contribution in [0.2, 0.25) is 0 Å². The van der Waals surface area contributed by atoms with E-state index in [0.29, 0.717) is 24.6 Å². The number of methoxy groups -OCH3 is 2. The summed E-state index contributed by atoms with van der Waals surface area (Å²) in [6, 6.07) is 11.3. The van der Waals surface area contributed by atoms with Gasteiger partial charge in [0.2, 0.25) is 5.88 Å². The summed E-state index contributed by atoms with van der Waals surface area (Å²) in [7, 11) is 3.15. The van der Waals surface area contributed by atoms with Gasteiger partial charge in [0.15, 0.2) is 0 Å². The molecule has 1 aromatic heterocycles. The van der Waals surface area contributed by atoms with E-state index >= 15 is 0 Å². The number of pyridine rings is 1. The van der Waals surface area contributed by atoms with E-state index in [2.05, 4.69) is 10.3 Å². The number of nitrogens with one attached hydrogen (secondary N) is 1. The Labute approximate surface area is 123 Å². The van der Waals surface area contributed by atoms with Gasteiger partial charge in [0, 0.05) is 19.9 Å². The van der Waals surface area contributed by atoms with E-state index in [1.165, 1.54) is 7.11 Å². The zero-order valence-electron chi connectivity index (χ0n) is 12.1. The maximum absolute atomic E-state index is 12.2. The molecular formula is C16H18N2O3. The Morgan fingerprint density at radius 3 is 2.76 bits per heavy atom. The van der Waals surface area contributed by atoms with E-state index in [1.807, 2.05) is 24.3 Å². The molecule has 0 saturated carbocycles. The number of aromatic nitrogens is 1. The second kappa shape index (κ2) is 7.40. The summed E-state index contributed by atoms with van der Waals surface area (Å²) in [6.07, 6.45) is 1.59. The van der Waals surface area contributed by atoms with Crippen molar-refractivity contribution in [2.24, 2.45) is 0 Å². The van der Waals surface area contributed by atoms with Crippen molar-refractivity contribution in [1.29, 1.82) is 0 Å². The standard InChI is InChI=1S/C16H18N2O3/c1-20-11-13-6-3-5-12(9-13)10-18-15(19)14-7-4-8-17-16(14)21-2/h3-9H,10-11H2,1-2H3,(H,18,19). The number of carbonyl (C=O) groups excluding carboxylic acids is 1. The molecule has 21 heavy (non-hydrogen) atoms. The summed E-state index contributed by atoms with van der Waals surface area (Å²) in [5.41, 5.74) is 2.51. The lowest BCUT2D eigenvalue weighted by atomic mass is 10.1. The Balaban J connectivity index is 2.02. The van der Waals surface area contributed by atoms with Crippen LogP contribution in [0.1, 0.15) is 21.5 Å². The predicted octanol–water partition coefficient (Wildman–Crippen LogP) is 2.17. The molecular weight excluding hydrogens is 268 g/mol. The SMILES string of the molecule is COCc1cccc(CNC(=O)c2cccnc2OC)c1. The number of hydrogen-bond donors (Lipinski definition) is 1. The van der Waals surface area contributed by atoms with Gasteiger partial charge in [-0.1, -0.05) is 24.3 Å². The summed E-state index contributed by atoms with van der Waals surface area (Å²) in [5, 5.41) is 2.86. The summed E-state index contributed by atoms with van der Waals surface area (Å²) in [4.78, 5) is 16.2. The second-order valence-electron chi connectivity index (χ2n) is 4.50. The molecule has 0 aliphatic carbocycles. The van der Waals surface area contributed by atoms with E-state index in [1.54, 1.807) is 25.4 Å². The average molecular weight is 286 g/mol. The highest BCUT2D eigenvalue weighted by molar-refractivity contribution is 5.96. The number of amides is 1. The van der Waals surface area contributed by atoms with Crippen LogP contribution in [0, 0.1) is 0 Å². The lowest BCUT2D eigenvalue weighted by Gasteiger charge is -2.09. The molecule has 0 atom stereocenters. The van der Waals surface area contributed by atoms with Gasteiger partial charge in [-0.05, 0) is 23.3 Å². The third-order valence-corrected chi connectivity index (χ3v) is 2.96. The molecule has 0 fully saturated rings. The lowest BCUT2D eigenvalue weighted by molar-refractivity contribution is 0.0947. The minimum atomic E-state index is -0.211. The Kier molecular flexibility index (Phi) is 5.29. The number of ether oxygens (including phenoxy) is 2. The van der Waals surface area contributed by atoms with Gasteiger partial charge in [-0.15, -0.1) is 0 Å². The topological polar surface area (TPSA) is 60.5 Å². The first-order valence-electron chi connectivity index (χ1n) is 6.58. The van der Waals surface area contributed by atoms with E-state index in [-0.39, 0.29) is 5.91 Å². The van der Waals surface area contributed by atoms with Gasteiger partial charge in [0.1, 0.15) is 5.56 Å². The van der Waals surface area contributed by atoms with E-state index < -0.39 is 0 Å². The first-order chi connectivity index (χ1) is 10.2. The fraction of sp³-hybridized carbons (Fsp3) is 0.250. The predicted molar refractivity (Wildman–Crippen MR) is 79.1 cm³/mol. The van der Waals surface area contributed by atoms with Crippen molar-refractivity contribution in [2.75, 3.05) is 14.2 Å². The van der Waals surface area contributed by atoms with Crippen molar-refractivity contribution in [3.63, 3.8) is 0 Å². The Hall–Kier alpha value is -2.40. The van der Waals surface area contributed by atoms with Gasteiger partial charge in [-0.25, -0.2) is 4.98 Å². The van der Waals surface area contributed by atoms with E-state index in [9.17, 15) is 4.79 Å². The molecule has 2 aromatic rings. The van der Waals surface area contributed by atoms with Crippen molar-refractivity contribution in [1.82, 2.24) is 10.3 Å². The molecule has 0 aliphatic rings. The lowest BCUT2D eigenvalue weighted by Crippen LogP contribution is -2.23. The van der Waals surface area contributed by atoms with Crippen molar-refractivity contribution < 1.29 is 14.3 Å². The quantitative estimate of drug-likeness (QED) is 0.884. The number of nitrogens with zero attached hydrogens (tertiary/aromatic N) is 1. The molecule has 0 radical (unpaired) electrons. The van der Waals surface area contributed by atoms with Crippen LogP contribution < -0.4 is 10.1 Å². The average Bonchev–Trinajstić information content (AvgIpc) is 2.53. The monoisotopic (exact) mass is 286 g/mol. The van der Waals surface area contributed by atoms with E-state index in [0.717, 1.165) is 11.1 Å². The molecule has 1 heterocycles.